The molecule has 0 fully saturated rings. The predicted octanol–water partition coefficient (Wildman–Crippen LogP) is 0.958. The smallest absolute Gasteiger partial charge is 0.320 e. The van der Waals surface area contributed by atoms with Gasteiger partial charge in [0, 0.05) is 0 Å². The van der Waals surface area contributed by atoms with Crippen molar-refractivity contribution in [1.82, 2.24) is 5.32 Å². The Morgan fingerprint density at radius 2 is 2.14 bits per heavy atom. The number of carboxylic acids is 1. The maximum absolute atomic E-state index is 10.8. The van der Waals surface area contributed by atoms with E-state index in [4.69, 9.17) is 10.8 Å². The van der Waals surface area contributed by atoms with E-state index in [1.807, 2.05) is 0 Å². The summed E-state index contributed by atoms with van der Waals surface area (Å²) in [6, 6.07) is -0.421. The van der Waals surface area contributed by atoms with E-state index in [1.54, 1.807) is 0 Å². The standard InChI is InChI=1S/C10H22N2O2/c1-2-3-4-8-12-9(10(13)14)6-5-7-11/h9,12H,2-8,11H2,1H3,(H,13,14)/t9-/m1/s1. The fourth-order valence-corrected chi connectivity index (χ4v) is 1.29. The van der Waals surface area contributed by atoms with Gasteiger partial charge in [-0.2, -0.15) is 0 Å². The molecular formula is C10H22N2O2. The zero-order valence-corrected chi connectivity index (χ0v) is 8.96. The Hall–Kier alpha value is -0.610. The molecule has 0 spiro atoms. The first kappa shape index (κ1) is 13.4. The number of nitrogens with two attached hydrogens (primary N) is 1. The molecule has 0 aromatic carbocycles. The summed E-state index contributed by atoms with van der Waals surface area (Å²) in [5.41, 5.74) is 5.33. The minimum absolute atomic E-state index is 0.421. The molecule has 0 amide bonds. The summed E-state index contributed by atoms with van der Waals surface area (Å²) in [6.45, 7) is 3.47. The highest BCUT2D eigenvalue weighted by atomic mass is 16.4. The number of carboxylic acid groups (broad SMARTS) is 1. The molecule has 0 aliphatic carbocycles. The Morgan fingerprint density at radius 3 is 2.64 bits per heavy atom. The van der Waals surface area contributed by atoms with Gasteiger partial charge in [0.05, 0.1) is 0 Å². The Morgan fingerprint density at radius 1 is 1.43 bits per heavy atom. The maximum atomic E-state index is 10.8. The molecule has 4 nitrogen and oxygen atoms in total. The second-order valence-corrected chi connectivity index (χ2v) is 3.48. The van der Waals surface area contributed by atoms with Gasteiger partial charge in [0.25, 0.3) is 0 Å². The second-order valence-electron chi connectivity index (χ2n) is 3.48. The van der Waals surface area contributed by atoms with Crippen molar-refractivity contribution in [3.63, 3.8) is 0 Å². The van der Waals surface area contributed by atoms with Crippen LogP contribution >= 0.6 is 0 Å². The zero-order chi connectivity index (χ0) is 10.8. The van der Waals surface area contributed by atoms with E-state index < -0.39 is 12.0 Å². The van der Waals surface area contributed by atoms with Crippen LogP contribution in [0.15, 0.2) is 0 Å². The molecule has 0 aliphatic heterocycles. The normalized spacial score (nSPS) is 12.7. The number of hydrogen-bond donors (Lipinski definition) is 3. The Labute approximate surface area is 85.9 Å². The van der Waals surface area contributed by atoms with Crippen molar-refractivity contribution >= 4 is 5.97 Å². The van der Waals surface area contributed by atoms with Crippen LogP contribution in [0.25, 0.3) is 0 Å². The summed E-state index contributed by atoms with van der Waals surface area (Å²) in [7, 11) is 0. The summed E-state index contributed by atoms with van der Waals surface area (Å²) in [4.78, 5) is 10.8. The number of unbranched alkanes of at least 4 members (excludes halogenated alkanes) is 2. The minimum Gasteiger partial charge on any atom is -0.480 e. The van der Waals surface area contributed by atoms with E-state index in [1.165, 1.54) is 0 Å². The fourth-order valence-electron chi connectivity index (χ4n) is 1.29. The second kappa shape index (κ2) is 8.97. The van der Waals surface area contributed by atoms with Crippen molar-refractivity contribution in [1.29, 1.82) is 0 Å². The summed E-state index contributed by atoms with van der Waals surface area (Å²) in [5, 5.41) is 11.9. The van der Waals surface area contributed by atoms with E-state index >= 15 is 0 Å². The molecule has 84 valence electrons. The number of aliphatic carboxylic acids is 1. The van der Waals surface area contributed by atoms with Crippen LogP contribution in [0.5, 0.6) is 0 Å². The molecule has 0 saturated heterocycles. The molecular weight excluding hydrogens is 180 g/mol. The van der Waals surface area contributed by atoms with Crippen LogP contribution in [-0.4, -0.2) is 30.2 Å². The summed E-state index contributed by atoms with van der Waals surface area (Å²) >= 11 is 0. The van der Waals surface area contributed by atoms with Crippen molar-refractivity contribution < 1.29 is 9.90 Å². The van der Waals surface area contributed by atoms with Gasteiger partial charge in [-0.25, -0.2) is 0 Å². The lowest BCUT2D eigenvalue weighted by atomic mass is 10.1. The van der Waals surface area contributed by atoms with Gasteiger partial charge in [-0.1, -0.05) is 19.8 Å². The Bertz CT molecular complexity index is 151. The van der Waals surface area contributed by atoms with E-state index in [9.17, 15) is 4.79 Å². The van der Waals surface area contributed by atoms with Crippen LogP contribution in [0.1, 0.15) is 39.0 Å². The molecule has 0 unspecified atom stereocenters. The molecule has 0 aliphatic rings. The van der Waals surface area contributed by atoms with Crippen molar-refractivity contribution in [2.75, 3.05) is 13.1 Å². The fraction of sp³-hybridized carbons (Fsp3) is 0.900. The summed E-state index contributed by atoms with van der Waals surface area (Å²) in [6.07, 6.45) is 4.73. The van der Waals surface area contributed by atoms with Gasteiger partial charge in [0.1, 0.15) is 6.04 Å². The lowest BCUT2D eigenvalue weighted by Gasteiger charge is -2.13. The molecule has 4 N–H and O–H groups in total. The number of rotatable bonds is 9. The third kappa shape index (κ3) is 6.86. The van der Waals surface area contributed by atoms with Gasteiger partial charge < -0.3 is 16.2 Å². The van der Waals surface area contributed by atoms with Crippen LogP contribution in [0.2, 0.25) is 0 Å². The van der Waals surface area contributed by atoms with E-state index in [2.05, 4.69) is 12.2 Å². The molecule has 0 bridgehead atoms. The van der Waals surface area contributed by atoms with Gasteiger partial charge in [0.15, 0.2) is 0 Å². The van der Waals surface area contributed by atoms with Gasteiger partial charge in [-0.3, -0.25) is 4.79 Å². The monoisotopic (exact) mass is 202 g/mol. The first-order chi connectivity index (χ1) is 6.72. The SMILES string of the molecule is CCCCCN[C@H](CCCN)C(=O)O. The van der Waals surface area contributed by atoms with Crippen LogP contribution in [0.3, 0.4) is 0 Å². The Kier molecular flexibility index (Phi) is 8.57. The average Bonchev–Trinajstić information content (AvgIpc) is 2.16. The number of nitrogens with one attached hydrogen (secondary N) is 1. The third-order valence-corrected chi connectivity index (χ3v) is 2.17. The van der Waals surface area contributed by atoms with E-state index in [-0.39, 0.29) is 0 Å². The summed E-state index contributed by atoms with van der Waals surface area (Å²) < 4.78 is 0. The lowest BCUT2D eigenvalue weighted by molar-refractivity contribution is -0.139. The average molecular weight is 202 g/mol. The minimum atomic E-state index is -0.769. The van der Waals surface area contributed by atoms with Crippen molar-refractivity contribution in [2.24, 2.45) is 5.73 Å². The highest BCUT2D eigenvalue weighted by Crippen LogP contribution is 1.98. The van der Waals surface area contributed by atoms with Gasteiger partial charge in [-0.15, -0.1) is 0 Å². The molecule has 0 saturated carbocycles. The van der Waals surface area contributed by atoms with Crippen LogP contribution in [0.4, 0.5) is 0 Å². The maximum Gasteiger partial charge on any atom is 0.320 e. The van der Waals surface area contributed by atoms with Crippen LogP contribution in [0, 0.1) is 0 Å². The lowest BCUT2D eigenvalue weighted by Crippen LogP contribution is -2.37. The molecule has 0 heterocycles. The molecule has 4 heteroatoms. The largest absolute Gasteiger partial charge is 0.480 e. The molecule has 14 heavy (non-hydrogen) atoms. The first-order valence-electron chi connectivity index (χ1n) is 5.38. The molecule has 1 atom stereocenters. The van der Waals surface area contributed by atoms with E-state index in [0.29, 0.717) is 13.0 Å². The quantitative estimate of drug-likeness (QED) is 0.487. The van der Waals surface area contributed by atoms with Crippen LogP contribution < -0.4 is 11.1 Å². The van der Waals surface area contributed by atoms with Gasteiger partial charge in [-0.05, 0) is 32.4 Å². The number of hydrogen-bond acceptors (Lipinski definition) is 3. The van der Waals surface area contributed by atoms with Gasteiger partial charge in [0.2, 0.25) is 0 Å². The highest BCUT2D eigenvalue weighted by Gasteiger charge is 2.14. The molecule has 0 aromatic rings. The molecule has 0 aromatic heterocycles. The third-order valence-electron chi connectivity index (χ3n) is 2.17. The topological polar surface area (TPSA) is 75.3 Å². The first-order valence-corrected chi connectivity index (χ1v) is 5.38. The highest BCUT2D eigenvalue weighted by molar-refractivity contribution is 5.73. The van der Waals surface area contributed by atoms with Crippen molar-refractivity contribution in [3.8, 4) is 0 Å². The summed E-state index contributed by atoms with van der Waals surface area (Å²) in [5.74, 6) is -0.769. The van der Waals surface area contributed by atoms with E-state index in [0.717, 1.165) is 32.2 Å². The van der Waals surface area contributed by atoms with Crippen molar-refractivity contribution in [2.45, 2.75) is 45.1 Å². The predicted molar refractivity (Wildman–Crippen MR) is 57.2 cm³/mol. The molecule has 0 rings (SSSR count). The zero-order valence-electron chi connectivity index (χ0n) is 8.96. The Balaban J connectivity index is 3.57. The van der Waals surface area contributed by atoms with Gasteiger partial charge >= 0.3 is 5.97 Å². The molecule has 0 radical (unpaired) electrons. The van der Waals surface area contributed by atoms with Crippen molar-refractivity contribution in [3.05, 3.63) is 0 Å². The number of carbonyl (C=O) groups is 1. The van der Waals surface area contributed by atoms with Crippen LogP contribution in [-0.2, 0) is 4.79 Å².